The van der Waals surface area contributed by atoms with Crippen molar-refractivity contribution >= 4 is 22.4 Å². The van der Waals surface area contributed by atoms with Crippen LogP contribution >= 0.6 is 11.3 Å². The Hall–Kier alpha value is -1.14. The van der Waals surface area contributed by atoms with Gasteiger partial charge in [-0.05, 0) is 13.3 Å². The van der Waals surface area contributed by atoms with E-state index in [4.69, 9.17) is 9.84 Å². The Morgan fingerprint density at radius 2 is 2.44 bits per heavy atom. The predicted molar refractivity (Wildman–Crippen MR) is 61.4 cm³/mol. The molecule has 1 unspecified atom stereocenters. The van der Waals surface area contributed by atoms with Crippen LogP contribution in [0.4, 0.5) is 5.13 Å². The lowest BCUT2D eigenvalue weighted by molar-refractivity contribution is 0.0701. The summed E-state index contributed by atoms with van der Waals surface area (Å²) in [7, 11) is 1.93. The maximum absolute atomic E-state index is 10.9. The second kappa shape index (κ2) is 4.39. The summed E-state index contributed by atoms with van der Waals surface area (Å²) >= 11 is 1.22. The molecule has 88 valence electrons. The van der Waals surface area contributed by atoms with Gasteiger partial charge in [-0.2, -0.15) is 0 Å². The second-order valence-electron chi connectivity index (χ2n) is 3.84. The lowest BCUT2D eigenvalue weighted by atomic mass is 10.2. The smallest absolute Gasteiger partial charge is 0.347 e. The van der Waals surface area contributed by atoms with Crippen molar-refractivity contribution < 1.29 is 14.6 Å². The molecule has 0 bridgehead atoms. The fourth-order valence-electron chi connectivity index (χ4n) is 1.72. The van der Waals surface area contributed by atoms with E-state index in [0.717, 1.165) is 18.2 Å². The summed E-state index contributed by atoms with van der Waals surface area (Å²) < 4.78 is 5.30. The molecule has 1 atom stereocenters. The van der Waals surface area contributed by atoms with Crippen LogP contribution in [-0.2, 0) is 4.74 Å². The highest BCUT2D eigenvalue weighted by Crippen LogP contribution is 2.28. The highest BCUT2D eigenvalue weighted by Gasteiger charge is 2.24. The van der Waals surface area contributed by atoms with Gasteiger partial charge in [0, 0.05) is 13.7 Å². The molecule has 1 saturated heterocycles. The minimum atomic E-state index is -0.905. The zero-order valence-electron chi connectivity index (χ0n) is 9.27. The van der Waals surface area contributed by atoms with Crippen molar-refractivity contribution in [2.45, 2.75) is 19.4 Å². The van der Waals surface area contributed by atoms with Crippen LogP contribution in [0.15, 0.2) is 0 Å². The van der Waals surface area contributed by atoms with E-state index in [0.29, 0.717) is 23.2 Å². The first-order valence-corrected chi connectivity index (χ1v) is 5.92. The summed E-state index contributed by atoms with van der Waals surface area (Å²) in [5.74, 6) is -0.905. The standard InChI is InChI=1S/C10H14N2O3S/c1-6-8(9(13)14)16-10(11-6)12(2)7-3-4-15-5-7/h7H,3-5H2,1-2H3,(H,13,14). The molecule has 0 saturated carbocycles. The second-order valence-corrected chi connectivity index (χ2v) is 4.82. The first-order valence-electron chi connectivity index (χ1n) is 5.11. The number of carboxylic acids is 1. The fraction of sp³-hybridized carbons (Fsp3) is 0.600. The summed E-state index contributed by atoms with van der Waals surface area (Å²) in [6.07, 6.45) is 0.970. The normalized spacial score (nSPS) is 20.0. The van der Waals surface area contributed by atoms with E-state index in [2.05, 4.69) is 4.98 Å². The van der Waals surface area contributed by atoms with Crippen molar-refractivity contribution in [1.29, 1.82) is 0 Å². The van der Waals surface area contributed by atoms with Crippen molar-refractivity contribution in [3.8, 4) is 0 Å². The van der Waals surface area contributed by atoms with Crippen molar-refractivity contribution in [3.05, 3.63) is 10.6 Å². The van der Waals surface area contributed by atoms with Crippen molar-refractivity contribution in [2.24, 2.45) is 0 Å². The van der Waals surface area contributed by atoms with Gasteiger partial charge in [0.15, 0.2) is 5.13 Å². The molecule has 1 aromatic rings. The first-order chi connectivity index (χ1) is 7.59. The molecule has 0 spiro atoms. The number of aromatic nitrogens is 1. The van der Waals surface area contributed by atoms with Gasteiger partial charge in [0.2, 0.25) is 0 Å². The lowest BCUT2D eigenvalue weighted by Gasteiger charge is -2.21. The van der Waals surface area contributed by atoms with E-state index >= 15 is 0 Å². The number of rotatable bonds is 3. The summed E-state index contributed by atoms with van der Waals surface area (Å²) in [5.41, 5.74) is 0.582. The number of ether oxygens (including phenoxy) is 1. The maximum Gasteiger partial charge on any atom is 0.347 e. The van der Waals surface area contributed by atoms with Crippen LogP contribution in [0.3, 0.4) is 0 Å². The molecule has 1 aliphatic rings. The molecule has 1 aliphatic heterocycles. The van der Waals surface area contributed by atoms with Gasteiger partial charge in [-0.15, -0.1) is 0 Å². The Kier molecular flexibility index (Phi) is 3.11. The summed E-state index contributed by atoms with van der Waals surface area (Å²) in [4.78, 5) is 17.5. The van der Waals surface area contributed by atoms with Crippen molar-refractivity contribution in [1.82, 2.24) is 4.98 Å². The SMILES string of the molecule is Cc1nc(N(C)C2CCOC2)sc1C(=O)O. The largest absolute Gasteiger partial charge is 0.477 e. The number of anilines is 1. The molecule has 1 fully saturated rings. The quantitative estimate of drug-likeness (QED) is 0.867. The number of thiazole rings is 1. The monoisotopic (exact) mass is 242 g/mol. The van der Waals surface area contributed by atoms with Crippen molar-refractivity contribution in [3.63, 3.8) is 0 Å². The summed E-state index contributed by atoms with van der Waals surface area (Å²) in [6.45, 7) is 3.19. The Morgan fingerprint density at radius 1 is 1.69 bits per heavy atom. The number of carbonyl (C=O) groups is 1. The Bertz CT molecular complexity index is 399. The van der Waals surface area contributed by atoms with E-state index < -0.39 is 5.97 Å². The molecule has 1 aromatic heterocycles. The topological polar surface area (TPSA) is 62.7 Å². The van der Waals surface area contributed by atoms with Crippen LogP contribution in [0.1, 0.15) is 21.8 Å². The van der Waals surface area contributed by atoms with Gasteiger partial charge in [0.05, 0.1) is 18.3 Å². The Morgan fingerprint density at radius 3 is 2.94 bits per heavy atom. The molecule has 0 radical (unpaired) electrons. The first kappa shape index (κ1) is 11.3. The molecule has 0 amide bonds. The van der Waals surface area contributed by atoms with Crippen LogP contribution in [-0.4, -0.2) is 42.4 Å². The molecule has 1 N–H and O–H groups in total. The third kappa shape index (κ3) is 2.03. The summed E-state index contributed by atoms with van der Waals surface area (Å²) in [6, 6.07) is 0.312. The molecular weight excluding hydrogens is 228 g/mol. The minimum Gasteiger partial charge on any atom is -0.477 e. The van der Waals surface area contributed by atoms with E-state index in [1.807, 2.05) is 11.9 Å². The average molecular weight is 242 g/mol. The minimum absolute atomic E-state index is 0.312. The highest BCUT2D eigenvalue weighted by atomic mass is 32.1. The number of likely N-dealkylation sites (N-methyl/N-ethyl adjacent to an activating group) is 1. The van der Waals surface area contributed by atoms with Crippen LogP contribution in [0, 0.1) is 6.92 Å². The van der Waals surface area contributed by atoms with E-state index in [1.165, 1.54) is 11.3 Å². The van der Waals surface area contributed by atoms with Gasteiger partial charge < -0.3 is 14.7 Å². The van der Waals surface area contributed by atoms with Crippen LogP contribution < -0.4 is 4.90 Å². The lowest BCUT2D eigenvalue weighted by Crippen LogP contribution is -2.31. The van der Waals surface area contributed by atoms with Gasteiger partial charge in [0.25, 0.3) is 0 Å². The third-order valence-corrected chi connectivity index (χ3v) is 3.97. The van der Waals surface area contributed by atoms with Crippen LogP contribution in [0.2, 0.25) is 0 Å². The van der Waals surface area contributed by atoms with E-state index in [1.54, 1.807) is 6.92 Å². The zero-order valence-corrected chi connectivity index (χ0v) is 10.1. The molecule has 16 heavy (non-hydrogen) atoms. The van der Waals surface area contributed by atoms with Gasteiger partial charge >= 0.3 is 5.97 Å². The number of hydrogen-bond donors (Lipinski definition) is 1. The predicted octanol–water partition coefficient (Wildman–Crippen LogP) is 1.37. The van der Waals surface area contributed by atoms with Gasteiger partial charge in [-0.3, -0.25) is 0 Å². The molecule has 0 aliphatic carbocycles. The summed E-state index contributed by atoms with van der Waals surface area (Å²) in [5, 5.41) is 9.71. The van der Waals surface area contributed by atoms with E-state index in [-0.39, 0.29) is 0 Å². The number of hydrogen-bond acceptors (Lipinski definition) is 5. The number of aryl methyl sites for hydroxylation is 1. The van der Waals surface area contributed by atoms with Gasteiger partial charge in [-0.25, -0.2) is 9.78 Å². The molecule has 6 heteroatoms. The molecule has 2 rings (SSSR count). The molecule has 5 nitrogen and oxygen atoms in total. The third-order valence-electron chi connectivity index (χ3n) is 2.73. The van der Waals surface area contributed by atoms with Gasteiger partial charge in [-0.1, -0.05) is 11.3 Å². The number of aromatic carboxylic acids is 1. The fourth-order valence-corrected chi connectivity index (χ4v) is 2.65. The maximum atomic E-state index is 10.9. The van der Waals surface area contributed by atoms with E-state index in [9.17, 15) is 4.79 Å². The van der Waals surface area contributed by atoms with Crippen LogP contribution in [0.5, 0.6) is 0 Å². The molecule has 2 heterocycles. The average Bonchev–Trinajstić information content (AvgIpc) is 2.84. The Balaban J connectivity index is 2.20. The zero-order chi connectivity index (χ0) is 11.7. The molecule has 0 aromatic carbocycles. The number of carboxylic acid groups (broad SMARTS) is 1. The number of nitrogens with zero attached hydrogens (tertiary/aromatic N) is 2. The van der Waals surface area contributed by atoms with Crippen molar-refractivity contribution in [2.75, 3.05) is 25.2 Å². The highest BCUT2D eigenvalue weighted by molar-refractivity contribution is 7.17. The van der Waals surface area contributed by atoms with Crippen LogP contribution in [0.25, 0.3) is 0 Å². The Labute approximate surface area is 97.7 Å². The van der Waals surface area contributed by atoms with Gasteiger partial charge in [0.1, 0.15) is 4.88 Å². The molecular formula is C10H14N2O3S.